The number of anilines is 2. The lowest BCUT2D eigenvalue weighted by Gasteiger charge is -2.09. The Morgan fingerprint density at radius 2 is 1.75 bits per heavy atom. The van der Waals surface area contributed by atoms with Gasteiger partial charge in [0.15, 0.2) is 0 Å². The molecule has 3 aromatic rings. The number of nitrogens with zero attached hydrogens (tertiary/aromatic N) is 2. The molecule has 3 rings (SSSR count). The SMILES string of the molecule is Fc1ccc(Nc2ncnc3c(F)cccc23)c(F)c1. The monoisotopic (exact) mass is 275 g/mol. The van der Waals surface area contributed by atoms with Crippen LogP contribution in [0.3, 0.4) is 0 Å². The molecule has 0 atom stereocenters. The van der Waals surface area contributed by atoms with E-state index < -0.39 is 17.5 Å². The van der Waals surface area contributed by atoms with Gasteiger partial charge in [-0.3, -0.25) is 0 Å². The van der Waals surface area contributed by atoms with Crippen molar-refractivity contribution in [1.29, 1.82) is 0 Å². The van der Waals surface area contributed by atoms with E-state index >= 15 is 0 Å². The maximum Gasteiger partial charge on any atom is 0.149 e. The molecule has 100 valence electrons. The highest BCUT2D eigenvalue weighted by Crippen LogP contribution is 2.25. The van der Waals surface area contributed by atoms with E-state index in [9.17, 15) is 13.2 Å². The van der Waals surface area contributed by atoms with Crippen molar-refractivity contribution in [3.05, 3.63) is 60.2 Å². The van der Waals surface area contributed by atoms with Gasteiger partial charge < -0.3 is 5.32 Å². The van der Waals surface area contributed by atoms with Crippen molar-refractivity contribution in [2.75, 3.05) is 5.32 Å². The molecule has 2 aromatic carbocycles. The molecule has 0 spiro atoms. The Bertz CT molecular complexity index is 790. The van der Waals surface area contributed by atoms with Crippen LogP contribution in [-0.2, 0) is 0 Å². The molecule has 20 heavy (non-hydrogen) atoms. The van der Waals surface area contributed by atoms with Gasteiger partial charge in [0.05, 0.1) is 5.69 Å². The summed E-state index contributed by atoms with van der Waals surface area (Å²) in [6, 6.07) is 7.52. The van der Waals surface area contributed by atoms with Crippen molar-refractivity contribution in [1.82, 2.24) is 9.97 Å². The molecule has 1 N–H and O–H groups in total. The van der Waals surface area contributed by atoms with Gasteiger partial charge in [0.2, 0.25) is 0 Å². The molecular formula is C14H8F3N3. The summed E-state index contributed by atoms with van der Waals surface area (Å²) in [5.41, 5.74) is 0.184. The summed E-state index contributed by atoms with van der Waals surface area (Å²) >= 11 is 0. The van der Waals surface area contributed by atoms with Gasteiger partial charge in [-0.05, 0) is 24.3 Å². The maximum atomic E-state index is 13.6. The van der Waals surface area contributed by atoms with Crippen LogP contribution in [0.5, 0.6) is 0 Å². The van der Waals surface area contributed by atoms with E-state index in [0.29, 0.717) is 5.39 Å². The fourth-order valence-electron chi connectivity index (χ4n) is 1.87. The summed E-state index contributed by atoms with van der Waals surface area (Å²) in [5, 5.41) is 3.12. The van der Waals surface area contributed by atoms with E-state index in [1.807, 2.05) is 0 Å². The second kappa shape index (κ2) is 4.80. The summed E-state index contributed by atoms with van der Waals surface area (Å²) in [5.74, 6) is -1.67. The number of nitrogens with one attached hydrogen (secondary N) is 1. The zero-order valence-electron chi connectivity index (χ0n) is 10.1. The standard InChI is InChI=1S/C14H8F3N3/c15-8-4-5-12(11(17)6-8)20-14-9-2-1-3-10(16)13(9)18-7-19-14/h1-7H,(H,18,19,20). The zero-order valence-corrected chi connectivity index (χ0v) is 10.1. The molecule has 0 saturated carbocycles. The molecule has 0 bridgehead atoms. The van der Waals surface area contributed by atoms with Gasteiger partial charge >= 0.3 is 0 Å². The number of rotatable bonds is 2. The third-order valence-corrected chi connectivity index (χ3v) is 2.80. The fraction of sp³-hybridized carbons (Fsp3) is 0. The fourth-order valence-corrected chi connectivity index (χ4v) is 1.87. The quantitative estimate of drug-likeness (QED) is 0.773. The molecule has 0 aliphatic carbocycles. The van der Waals surface area contributed by atoms with Gasteiger partial charge in [0.25, 0.3) is 0 Å². The van der Waals surface area contributed by atoms with Crippen molar-refractivity contribution in [2.45, 2.75) is 0 Å². The van der Waals surface area contributed by atoms with Gasteiger partial charge in [0.1, 0.15) is 35.1 Å². The van der Waals surface area contributed by atoms with Crippen molar-refractivity contribution in [3.8, 4) is 0 Å². The molecular weight excluding hydrogens is 267 g/mol. The summed E-state index contributed by atoms with van der Waals surface area (Å²) in [6.45, 7) is 0. The Morgan fingerprint density at radius 1 is 0.900 bits per heavy atom. The Kier molecular flexibility index (Phi) is 2.98. The number of para-hydroxylation sites is 1. The van der Waals surface area contributed by atoms with Crippen LogP contribution in [-0.4, -0.2) is 9.97 Å². The number of halogens is 3. The highest BCUT2D eigenvalue weighted by atomic mass is 19.1. The van der Waals surface area contributed by atoms with Crippen LogP contribution >= 0.6 is 0 Å². The van der Waals surface area contributed by atoms with Crippen LogP contribution in [0.15, 0.2) is 42.7 Å². The molecule has 0 radical (unpaired) electrons. The van der Waals surface area contributed by atoms with Crippen molar-refractivity contribution < 1.29 is 13.2 Å². The lowest BCUT2D eigenvalue weighted by Crippen LogP contribution is -1.99. The minimum atomic E-state index is -0.756. The molecule has 0 saturated heterocycles. The van der Waals surface area contributed by atoms with Gasteiger partial charge in [-0.25, -0.2) is 23.1 Å². The van der Waals surface area contributed by atoms with Crippen LogP contribution in [0, 0.1) is 17.5 Å². The first-order chi connectivity index (χ1) is 9.65. The van der Waals surface area contributed by atoms with Crippen molar-refractivity contribution >= 4 is 22.4 Å². The predicted molar refractivity (Wildman–Crippen MR) is 69.1 cm³/mol. The minimum absolute atomic E-state index is 0.0515. The Balaban J connectivity index is 2.09. The second-order valence-electron chi connectivity index (χ2n) is 4.11. The summed E-state index contributed by atoms with van der Waals surface area (Å²) < 4.78 is 40.0. The first-order valence-corrected chi connectivity index (χ1v) is 5.76. The average molecular weight is 275 g/mol. The molecule has 1 aromatic heterocycles. The molecule has 0 amide bonds. The Morgan fingerprint density at radius 3 is 2.55 bits per heavy atom. The third-order valence-electron chi connectivity index (χ3n) is 2.80. The second-order valence-corrected chi connectivity index (χ2v) is 4.11. The van der Waals surface area contributed by atoms with Crippen LogP contribution in [0.2, 0.25) is 0 Å². The largest absolute Gasteiger partial charge is 0.337 e. The molecule has 1 heterocycles. The topological polar surface area (TPSA) is 37.8 Å². The van der Waals surface area contributed by atoms with E-state index in [0.717, 1.165) is 12.1 Å². The van der Waals surface area contributed by atoms with E-state index in [-0.39, 0.29) is 17.0 Å². The molecule has 0 aliphatic rings. The highest BCUT2D eigenvalue weighted by molar-refractivity contribution is 5.90. The first-order valence-electron chi connectivity index (χ1n) is 5.76. The van der Waals surface area contributed by atoms with Crippen LogP contribution < -0.4 is 5.32 Å². The normalized spacial score (nSPS) is 10.8. The molecule has 0 unspecified atom stereocenters. The van der Waals surface area contributed by atoms with Gasteiger partial charge in [-0.1, -0.05) is 6.07 Å². The predicted octanol–water partition coefficient (Wildman–Crippen LogP) is 3.79. The maximum absolute atomic E-state index is 13.6. The van der Waals surface area contributed by atoms with Crippen LogP contribution in [0.4, 0.5) is 24.7 Å². The first kappa shape index (κ1) is 12.4. The van der Waals surface area contributed by atoms with Gasteiger partial charge in [0, 0.05) is 11.5 Å². The lowest BCUT2D eigenvalue weighted by atomic mass is 10.2. The van der Waals surface area contributed by atoms with Crippen LogP contribution in [0.1, 0.15) is 0 Å². The number of benzene rings is 2. The van der Waals surface area contributed by atoms with E-state index in [2.05, 4.69) is 15.3 Å². The minimum Gasteiger partial charge on any atom is -0.337 e. The highest BCUT2D eigenvalue weighted by Gasteiger charge is 2.10. The third kappa shape index (κ3) is 2.16. The van der Waals surface area contributed by atoms with Crippen molar-refractivity contribution in [3.63, 3.8) is 0 Å². The smallest absolute Gasteiger partial charge is 0.149 e. The molecule has 0 fully saturated rings. The van der Waals surface area contributed by atoms with Gasteiger partial charge in [-0.2, -0.15) is 0 Å². The Hall–Kier alpha value is -2.63. The van der Waals surface area contributed by atoms with Gasteiger partial charge in [-0.15, -0.1) is 0 Å². The zero-order chi connectivity index (χ0) is 14.1. The molecule has 3 nitrogen and oxygen atoms in total. The number of hydrogen-bond donors (Lipinski definition) is 1. The summed E-state index contributed by atoms with van der Waals surface area (Å²) in [7, 11) is 0. The average Bonchev–Trinajstić information content (AvgIpc) is 2.43. The number of fused-ring (bicyclic) bond motifs is 1. The molecule has 6 heteroatoms. The molecule has 0 aliphatic heterocycles. The lowest BCUT2D eigenvalue weighted by molar-refractivity contribution is 0.586. The summed E-state index contributed by atoms with van der Waals surface area (Å²) in [6.07, 6.45) is 1.18. The van der Waals surface area contributed by atoms with E-state index in [4.69, 9.17) is 0 Å². The van der Waals surface area contributed by atoms with E-state index in [1.165, 1.54) is 24.5 Å². The number of hydrogen-bond acceptors (Lipinski definition) is 3. The van der Waals surface area contributed by atoms with Crippen molar-refractivity contribution in [2.24, 2.45) is 0 Å². The Labute approximate surface area is 112 Å². The summed E-state index contributed by atoms with van der Waals surface area (Å²) in [4.78, 5) is 7.80. The number of aromatic nitrogens is 2. The van der Waals surface area contributed by atoms with E-state index in [1.54, 1.807) is 6.07 Å². The van der Waals surface area contributed by atoms with Crippen LogP contribution in [0.25, 0.3) is 10.9 Å².